The van der Waals surface area contributed by atoms with Gasteiger partial charge in [-0.1, -0.05) is 23.9 Å². The van der Waals surface area contributed by atoms with Crippen molar-refractivity contribution in [3.8, 4) is 22.6 Å². The van der Waals surface area contributed by atoms with Crippen LogP contribution in [-0.2, 0) is 4.79 Å². The Labute approximate surface area is 198 Å². The molecule has 1 amide bonds. The van der Waals surface area contributed by atoms with Crippen LogP contribution in [0.5, 0.6) is 11.5 Å². The number of nitrogens with one attached hydrogen (secondary N) is 1. The lowest BCUT2D eigenvalue weighted by atomic mass is 10.1. The zero-order valence-electron chi connectivity index (χ0n) is 18.2. The predicted octanol–water partition coefficient (Wildman–Crippen LogP) is 5.31. The van der Waals surface area contributed by atoms with Gasteiger partial charge >= 0.3 is 0 Å². The number of benzene rings is 2. The minimum absolute atomic E-state index is 0.106. The summed E-state index contributed by atoms with van der Waals surface area (Å²) in [5.41, 5.74) is 2.54. The number of phenols is 1. The highest BCUT2D eigenvalue weighted by Gasteiger charge is 2.21. The number of ether oxygens (including phenoxy) is 1. The summed E-state index contributed by atoms with van der Waals surface area (Å²) >= 11 is 2.85. The number of anilines is 1. The second-order valence-corrected chi connectivity index (χ2v) is 9.47. The van der Waals surface area contributed by atoms with E-state index in [1.165, 1.54) is 41.3 Å². The van der Waals surface area contributed by atoms with Crippen molar-refractivity contribution in [2.75, 3.05) is 12.4 Å². The number of aryl methyl sites for hydroxylation is 1. The van der Waals surface area contributed by atoms with E-state index in [0.29, 0.717) is 22.7 Å². The van der Waals surface area contributed by atoms with Gasteiger partial charge in [0.25, 0.3) is 0 Å². The fraction of sp³-hybridized carbons (Fsp3) is 0.167. The van der Waals surface area contributed by atoms with Crippen molar-refractivity contribution in [3.05, 3.63) is 59.2 Å². The third-order valence-corrected chi connectivity index (χ3v) is 6.94. The third kappa shape index (κ3) is 4.84. The van der Waals surface area contributed by atoms with Crippen LogP contribution in [0.25, 0.3) is 21.3 Å². The smallest absolute Gasteiger partial charge is 0.237 e. The molecule has 1 atom stereocenters. The summed E-state index contributed by atoms with van der Waals surface area (Å²) < 4.78 is 5.26. The summed E-state index contributed by atoms with van der Waals surface area (Å²) in [6.45, 7) is 3.59. The highest BCUT2D eigenvalue weighted by Crippen LogP contribution is 2.40. The zero-order chi connectivity index (χ0) is 23.5. The van der Waals surface area contributed by atoms with E-state index in [0.717, 1.165) is 27.1 Å². The second-order valence-electron chi connectivity index (χ2n) is 7.28. The molecule has 4 rings (SSSR count). The number of aromatic hydroxyl groups is 1. The SMILES string of the molecule is COc1ccc(-c2csc3nc(C)nc(SC(C)C(=O)Nc4cc(C=O)ccc4O)c23)cc1. The van der Waals surface area contributed by atoms with E-state index in [2.05, 4.69) is 15.3 Å². The molecule has 0 radical (unpaired) electrons. The minimum atomic E-state index is -0.523. The van der Waals surface area contributed by atoms with Gasteiger partial charge in [0.1, 0.15) is 33.5 Å². The van der Waals surface area contributed by atoms with E-state index >= 15 is 0 Å². The highest BCUT2D eigenvalue weighted by molar-refractivity contribution is 8.00. The maximum Gasteiger partial charge on any atom is 0.237 e. The molecule has 0 aliphatic heterocycles. The first-order chi connectivity index (χ1) is 15.9. The van der Waals surface area contributed by atoms with Crippen LogP contribution in [0.3, 0.4) is 0 Å². The molecule has 0 saturated heterocycles. The number of hydrogen-bond donors (Lipinski definition) is 2. The molecule has 168 valence electrons. The number of hydrogen-bond acceptors (Lipinski definition) is 8. The quantitative estimate of drug-likeness (QED) is 0.160. The molecule has 33 heavy (non-hydrogen) atoms. The van der Waals surface area contributed by atoms with Gasteiger partial charge in [-0.05, 0) is 49.7 Å². The topological polar surface area (TPSA) is 101 Å². The normalized spacial score (nSPS) is 11.8. The molecule has 9 heteroatoms. The highest BCUT2D eigenvalue weighted by atomic mass is 32.2. The number of methoxy groups -OCH3 is 1. The first-order valence-corrected chi connectivity index (χ1v) is 11.8. The lowest BCUT2D eigenvalue weighted by molar-refractivity contribution is -0.115. The first kappa shape index (κ1) is 22.8. The van der Waals surface area contributed by atoms with Crippen LogP contribution in [0.1, 0.15) is 23.1 Å². The fourth-order valence-electron chi connectivity index (χ4n) is 3.26. The minimum Gasteiger partial charge on any atom is -0.506 e. The van der Waals surface area contributed by atoms with Gasteiger partial charge < -0.3 is 15.2 Å². The molecule has 2 aromatic carbocycles. The molecule has 2 heterocycles. The van der Waals surface area contributed by atoms with E-state index in [-0.39, 0.29) is 17.3 Å². The maximum absolute atomic E-state index is 12.9. The van der Waals surface area contributed by atoms with Crippen molar-refractivity contribution in [1.82, 2.24) is 9.97 Å². The van der Waals surface area contributed by atoms with Crippen LogP contribution in [0.2, 0.25) is 0 Å². The molecule has 0 saturated carbocycles. The maximum atomic E-state index is 12.9. The Bertz CT molecular complexity index is 1340. The second kappa shape index (κ2) is 9.60. The number of carbonyl (C=O) groups is 2. The molecule has 4 aromatic rings. The Morgan fingerprint density at radius 3 is 2.67 bits per heavy atom. The largest absolute Gasteiger partial charge is 0.506 e. The zero-order valence-corrected chi connectivity index (χ0v) is 19.8. The van der Waals surface area contributed by atoms with Gasteiger partial charge in [-0.3, -0.25) is 9.59 Å². The van der Waals surface area contributed by atoms with E-state index < -0.39 is 5.25 Å². The molecule has 0 aliphatic rings. The number of thiophene rings is 1. The van der Waals surface area contributed by atoms with Crippen molar-refractivity contribution in [2.24, 2.45) is 0 Å². The van der Waals surface area contributed by atoms with Gasteiger partial charge in [0.05, 0.1) is 23.4 Å². The molecular formula is C24H21N3O4S2. The summed E-state index contributed by atoms with van der Waals surface area (Å²) in [6, 6.07) is 12.1. The van der Waals surface area contributed by atoms with Crippen LogP contribution in [0.15, 0.2) is 52.9 Å². The Morgan fingerprint density at radius 1 is 1.21 bits per heavy atom. The average Bonchev–Trinajstić information content (AvgIpc) is 3.24. The summed E-state index contributed by atoms with van der Waals surface area (Å²) in [6.07, 6.45) is 0.658. The predicted molar refractivity (Wildman–Crippen MR) is 132 cm³/mol. The van der Waals surface area contributed by atoms with Gasteiger partial charge in [-0.15, -0.1) is 11.3 Å². The Balaban J connectivity index is 1.64. The summed E-state index contributed by atoms with van der Waals surface area (Å²) in [7, 11) is 1.63. The number of aromatic nitrogens is 2. The number of phenolic OH excluding ortho intramolecular Hbond substituents is 1. The number of aldehydes is 1. The van der Waals surface area contributed by atoms with Crippen LogP contribution in [-0.4, -0.2) is 39.6 Å². The van der Waals surface area contributed by atoms with E-state index in [1.54, 1.807) is 14.0 Å². The number of carbonyl (C=O) groups excluding carboxylic acids is 2. The molecule has 0 bridgehead atoms. The van der Waals surface area contributed by atoms with Crippen LogP contribution >= 0.6 is 23.1 Å². The van der Waals surface area contributed by atoms with Crippen molar-refractivity contribution < 1.29 is 19.4 Å². The molecule has 1 unspecified atom stereocenters. The molecule has 0 fully saturated rings. The van der Waals surface area contributed by atoms with Crippen LogP contribution in [0, 0.1) is 6.92 Å². The average molecular weight is 480 g/mol. The molecule has 0 aliphatic carbocycles. The Hall–Kier alpha value is -3.43. The molecule has 2 aromatic heterocycles. The summed E-state index contributed by atoms with van der Waals surface area (Å²) in [5.74, 6) is 0.972. The van der Waals surface area contributed by atoms with Crippen LogP contribution < -0.4 is 10.1 Å². The summed E-state index contributed by atoms with van der Waals surface area (Å²) in [5, 5.41) is 15.9. The van der Waals surface area contributed by atoms with Gasteiger partial charge in [0.15, 0.2) is 0 Å². The van der Waals surface area contributed by atoms with Gasteiger partial charge in [0.2, 0.25) is 5.91 Å². The Morgan fingerprint density at radius 2 is 1.97 bits per heavy atom. The van der Waals surface area contributed by atoms with Crippen molar-refractivity contribution in [3.63, 3.8) is 0 Å². The van der Waals surface area contributed by atoms with Gasteiger partial charge in [0, 0.05) is 16.5 Å². The molecule has 2 N–H and O–H groups in total. The first-order valence-electron chi connectivity index (χ1n) is 10.1. The number of thioether (sulfide) groups is 1. The molecule has 0 spiro atoms. The Kier molecular flexibility index (Phi) is 6.62. The standard InChI is InChI=1S/C24H21N3O4S2/c1-13(22(30)27-19-10-15(11-28)4-9-20(19)29)33-24-21-18(12-32-23(21)25-14(2)26-24)16-5-7-17(31-3)8-6-16/h4-13,29H,1-3H3,(H,27,30). The fourth-order valence-corrected chi connectivity index (χ4v) is 5.33. The third-order valence-electron chi connectivity index (χ3n) is 4.99. The van der Waals surface area contributed by atoms with Crippen LogP contribution in [0.4, 0.5) is 5.69 Å². The number of fused-ring (bicyclic) bond motifs is 1. The van der Waals surface area contributed by atoms with Gasteiger partial charge in [-0.25, -0.2) is 9.97 Å². The van der Waals surface area contributed by atoms with Crippen molar-refractivity contribution in [2.45, 2.75) is 24.1 Å². The molecule has 7 nitrogen and oxygen atoms in total. The lowest BCUT2D eigenvalue weighted by Gasteiger charge is -2.14. The number of amides is 1. The van der Waals surface area contributed by atoms with E-state index in [9.17, 15) is 14.7 Å². The van der Waals surface area contributed by atoms with Crippen molar-refractivity contribution >= 4 is 51.2 Å². The van der Waals surface area contributed by atoms with Crippen molar-refractivity contribution in [1.29, 1.82) is 0 Å². The number of rotatable bonds is 7. The summed E-state index contributed by atoms with van der Waals surface area (Å²) in [4.78, 5) is 33.9. The monoisotopic (exact) mass is 479 g/mol. The van der Waals surface area contributed by atoms with E-state index in [4.69, 9.17) is 4.74 Å². The molecular weight excluding hydrogens is 458 g/mol. The lowest BCUT2D eigenvalue weighted by Crippen LogP contribution is -2.22. The number of nitrogens with zero attached hydrogens (tertiary/aromatic N) is 2. The van der Waals surface area contributed by atoms with Gasteiger partial charge in [-0.2, -0.15) is 0 Å². The van der Waals surface area contributed by atoms with E-state index in [1.807, 2.05) is 36.6 Å².